The first-order valence-electron chi connectivity index (χ1n) is 6.89. The molecule has 0 saturated heterocycles. The number of sulfonamides is 1. The lowest BCUT2D eigenvalue weighted by molar-refractivity contribution is 0.600. The van der Waals surface area contributed by atoms with Crippen LogP contribution >= 0.6 is 11.3 Å². The molecular formula is C13H15N5O3S2. The maximum atomic E-state index is 12.3. The van der Waals surface area contributed by atoms with E-state index in [1.54, 1.807) is 12.4 Å². The molecule has 3 heterocycles. The SMILES string of the molecule is CCCc1nn(C)c2c(=O)[nH]c(-c3csc(S(N)(=O)=O)c3)nc12. The zero-order valence-corrected chi connectivity index (χ0v) is 14.2. The van der Waals surface area contributed by atoms with Gasteiger partial charge in [0.2, 0.25) is 10.0 Å². The average molecular weight is 353 g/mol. The van der Waals surface area contributed by atoms with Gasteiger partial charge in [-0.1, -0.05) is 13.3 Å². The smallest absolute Gasteiger partial charge is 0.277 e. The first-order chi connectivity index (χ1) is 10.8. The number of aromatic nitrogens is 4. The third kappa shape index (κ3) is 2.80. The van der Waals surface area contributed by atoms with Crippen molar-refractivity contribution in [2.45, 2.75) is 24.0 Å². The Morgan fingerprint density at radius 1 is 1.43 bits per heavy atom. The van der Waals surface area contributed by atoms with Gasteiger partial charge in [0.1, 0.15) is 15.6 Å². The third-order valence-corrected chi connectivity index (χ3v) is 5.76. The molecule has 0 aliphatic rings. The molecular weight excluding hydrogens is 338 g/mol. The van der Waals surface area contributed by atoms with Crippen molar-refractivity contribution < 1.29 is 8.42 Å². The van der Waals surface area contributed by atoms with E-state index in [0.717, 1.165) is 23.5 Å². The Kier molecular flexibility index (Phi) is 3.82. The Morgan fingerprint density at radius 3 is 2.78 bits per heavy atom. The Balaban J connectivity index is 2.21. The van der Waals surface area contributed by atoms with E-state index in [2.05, 4.69) is 15.1 Å². The predicted octanol–water partition coefficient (Wildman–Crippen LogP) is 0.985. The number of aryl methyl sites for hydroxylation is 2. The molecule has 3 aromatic heterocycles. The summed E-state index contributed by atoms with van der Waals surface area (Å²) in [5.74, 6) is 0.305. The molecule has 0 aliphatic carbocycles. The summed E-state index contributed by atoms with van der Waals surface area (Å²) in [5.41, 5.74) is 1.88. The molecule has 0 aliphatic heterocycles. The molecule has 0 unspecified atom stereocenters. The Hall–Kier alpha value is -2.04. The molecule has 23 heavy (non-hydrogen) atoms. The van der Waals surface area contributed by atoms with Crippen LogP contribution in [0.1, 0.15) is 19.0 Å². The van der Waals surface area contributed by atoms with Crippen LogP contribution in [0, 0.1) is 0 Å². The Morgan fingerprint density at radius 2 is 2.17 bits per heavy atom. The molecule has 10 heteroatoms. The first kappa shape index (κ1) is 15.8. The fourth-order valence-corrected chi connectivity index (χ4v) is 3.97. The molecule has 0 radical (unpaired) electrons. The van der Waals surface area contributed by atoms with E-state index < -0.39 is 10.0 Å². The van der Waals surface area contributed by atoms with Crippen LogP contribution in [0.4, 0.5) is 0 Å². The normalized spacial score (nSPS) is 12.1. The van der Waals surface area contributed by atoms with Crippen LogP contribution in [-0.2, 0) is 23.5 Å². The molecule has 0 fully saturated rings. The fourth-order valence-electron chi connectivity index (χ4n) is 2.38. The van der Waals surface area contributed by atoms with Gasteiger partial charge in [-0.2, -0.15) is 5.10 Å². The van der Waals surface area contributed by atoms with Crippen molar-refractivity contribution in [3.8, 4) is 11.4 Å². The number of H-pyrrole nitrogens is 1. The van der Waals surface area contributed by atoms with Crippen molar-refractivity contribution in [3.05, 3.63) is 27.5 Å². The first-order valence-corrected chi connectivity index (χ1v) is 9.31. The van der Waals surface area contributed by atoms with E-state index >= 15 is 0 Å². The van der Waals surface area contributed by atoms with Crippen molar-refractivity contribution >= 4 is 32.4 Å². The molecule has 122 valence electrons. The number of aromatic amines is 1. The van der Waals surface area contributed by atoms with E-state index in [-0.39, 0.29) is 9.77 Å². The van der Waals surface area contributed by atoms with Crippen LogP contribution in [0.15, 0.2) is 20.5 Å². The van der Waals surface area contributed by atoms with Gasteiger partial charge in [-0.3, -0.25) is 9.48 Å². The van der Waals surface area contributed by atoms with Gasteiger partial charge in [0.15, 0.2) is 5.52 Å². The summed E-state index contributed by atoms with van der Waals surface area (Å²) in [6, 6.07) is 1.40. The highest BCUT2D eigenvalue weighted by molar-refractivity contribution is 7.91. The molecule has 0 atom stereocenters. The summed E-state index contributed by atoms with van der Waals surface area (Å²) in [6.07, 6.45) is 1.59. The van der Waals surface area contributed by atoms with Crippen LogP contribution in [0.3, 0.4) is 0 Å². The van der Waals surface area contributed by atoms with E-state index in [1.807, 2.05) is 6.92 Å². The number of primary sulfonamides is 1. The zero-order chi connectivity index (χ0) is 16.8. The second-order valence-corrected chi connectivity index (χ2v) is 7.83. The number of hydrogen-bond donors (Lipinski definition) is 2. The van der Waals surface area contributed by atoms with E-state index in [1.165, 1.54) is 10.7 Å². The predicted molar refractivity (Wildman–Crippen MR) is 87.8 cm³/mol. The quantitative estimate of drug-likeness (QED) is 0.724. The van der Waals surface area contributed by atoms with Crippen LogP contribution in [0.5, 0.6) is 0 Å². The van der Waals surface area contributed by atoms with Gasteiger partial charge in [-0.05, 0) is 12.5 Å². The third-order valence-electron chi connectivity index (χ3n) is 3.38. The molecule has 8 nitrogen and oxygen atoms in total. The summed E-state index contributed by atoms with van der Waals surface area (Å²) in [5, 5.41) is 11.0. The van der Waals surface area contributed by atoms with Crippen LogP contribution in [0.2, 0.25) is 0 Å². The van der Waals surface area contributed by atoms with Crippen molar-refractivity contribution in [1.82, 2.24) is 19.7 Å². The molecule has 0 saturated carbocycles. The van der Waals surface area contributed by atoms with E-state index in [0.29, 0.717) is 28.8 Å². The van der Waals surface area contributed by atoms with Gasteiger partial charge in [-0.15, -0.1) is 11.3 Å². The summed E-state index contributed by atoms with van der Waals surface area (Å²) in [4.78, 5) is 19.5. The maximum absolute atomic E-state index is 12.3. The van der Waals surface area contributed by atoms with Crippen LogP contribution in [0.25, 0.3) is 22.4 Å². The molecule has 0 spiro atoms. The van der Waals surface area contributed by atoms with Gasteiger partial charge < -0.3 is 4.98 Å². The average Bonchev–Trinajstić information content (AvgIpc) is 3.05. The van der Waals surface area contributed by atoms with Gasteiger partial charge in [-0.25, -0.2) is 18.5 Å². The molecule has 0 amide bonds. The number of rotatable bonds is 4. The van der Waals surface area contributed by atoms with Gasteiger partial charge in [0, 0.05) is 18.0 Å². The number of thiophene rings is 1. The summed E-state index contributed by atoms with van der Waals surface area (Å²) in [7, 11) is -2.08. The second-order valence-electron chi connectivity index (χ2n) is 5.13. The topological polar surface area (TPSA) is 124 Å². The second kappa shape index (κ2) is 5.55. The fraction of sp³-hybridized carbons (Fsp3) is 0.308. The van der Waals surface area contributed by atoms with Crippen molar-refractivity contribution in [2.24, 2.45) is 12.2 Å². The molecule has 3 rings (SSSR count). The number of fused-ring (bicyclic) bond motifs is 1. The number of nitrogens with one attached hydrogen (secondary N) is 1. The largest absolute Gasteiger partial charge is 0.305 e. The Labute approximate surface area is 136 Å². The Bertz CT molecular complexity index is 1050. The number of hydrogen-bond acceptors (Lipinski definition) is 6. The van der Waals surface area contributed by atoms with Crippen LogP contribution in [-0.4, -0.2) is 28.2 Å². The highest BCUT2D eigenvalue weighted by atomic mass is 32.2. The van der Waals surface area contributed by atoms with Crippen molar-refractivity contribution in [3.63, 3.8) is 0 Å². The van der Waals surface area contributed by atoms with Gasteiger partial charge in [0.05, 0.1) is 5.69 Å². The summed E-state index contributed by atoms with van der Waals surface area (Å²) < 4.78 is 24.3. The minimum atomic E-state index is -3.77. The van der Waals surface area contributed by atoms with Crippen molar-refractivity contribution in [1.29, 1.82) is 0 Å². The number of nitrogens with zero attached hydrogens (tertiary/aromatic N) is 3. The highest BCUT2D eigenvalue weighted by Gasteiger charge is 2.17. The van der Waals surface area contributed by atoms with E-state index in [9.17, 15) is 13.2 Å². The van der Waals surface area contributed by atoms with E-state index in [4.69, 9.17) is 5.14 Å². The zero-order valence-electron chi connectivity index (χ0n) is 12.5. The van der Waals surface area contributed by atoms with Gasteiger partial charge in [0.25, 0.3) is 5.56 Å². The minimum absolute atomic E-state index is 0.0233. The number of nitrogens with two attached hydrogens (primary N) is 1. The van der Waals surface area contributed by atoms with Crippen LogP contribution < -0.4 is 10.7 Å². The minimum Gasteiger partial charge on any atom is -0.305 e. The van der Waals surface area contributed by atoms with Crippen molar-refractivity contribution in [2.75, 3.05) is 0 Å². The monoisotopic (exact) mass is 353 g/mol. The maximum Gasteiger partial charge on any atom is 0.277 e. The molecule has 0 bridgehead atoms. The lowest BCUT2D eigenvalue weighted by Gasteiger charge is -1.99. The molecule has 3 aromatic rings. The van der Waals surface area contributed by atoms with Gasteiger partial charge >= 0.3 is 0 Å². The molecule has 0 aromatic carbocycles. The highest BCUT2D eigenvalue weighted by Crippen LogP contribution is 2.26. The standard InChI is InChI=1S/C13H15N5O3S2/c1-3-4-8-10-11(18(2)17-8)13(19)16-12(15-10)7-5-9(22-6-7)23(14,20)21/h5-6H,3-4H2,1-2H3,(H2,14,20,21)(H,15,16,19). The lowest BCUT2D eigenvalue weighted by atomic mass is 10.2. The summed E-state index contributed by atoms with van der Waals surface area (Å²) in [6.45, 7) is 2.02. The lowest BCUT2D eigenvalue weighted by Crippen LogP contribution is -2.12. The molecule has 3 N–H and O–H groups in total. The summed E-state index contributed by atoms with van der Waals surface area (Å²) >= 11 is 0.986.